The zero-order valence-corrected chi connectivity index (χ0v) is 8.63. The van der Waals surface area contributed by atoms with E-state index in [2.05, 4.69) is 9.68 Å². The second kappa shape index (κ2) is 3.92. The Bertz CT molecular complexity index is 523. The van der Waals surface area contributed by atoms with Crippen LogP contribution in [-0.4, -0.2) is 5.16 Å². The van der Waals surface area contributed by atoms with Gasteiger partial charge in [0.2, 0.25) is 5.88 Å². The first-order valence-corrected chi connectivity index (χ1v) is 4.82. The standard InChI is InChI=1S/C11H10F2N2O/c1-2-6-3-4-8(12)9(10(6)13)7-5-15-16-11(7)14/h3-5H,2,14H2,1H3. The van der Waals surface area contributed by atoms with Gasteiger partial charge in [0.05, 0.1) is 17.3 Å². The van der Waals surface area contributed by atoms with Crippen LogP contribution in [-0.2, 0) is 6.42 Å². The third kappa shape index (κ3) is 1.54. The number of aryl methyl sites for hydroxylation is 1. The number of benzene rings is 1. The minimum Gasteiger partial charge on any atom is -0.367 e. The van der Waals surface area contributed by atoms with Crippen LogP contribution >= 0.6 is 0 Å². The molecule has 0 atom stereocenters. The number of anilines is 1. The zero-order valence-electron chi connectivity index (χ0n) is 8.63. The van der Waals surface area contributed by atoms with Crippen molar-refractivity contribution in [3.05, 3.63) is 35.5 Å². The van der Waals surface area contributed by atoms with Crippen LogP contribution in [0.15, 0.2) is 22.9 Å². The maximum atomic E-state index is 13.9. The molecule has 3 nitrogen and oxygen atoms in total. The molecule has 0 amide bonds. The van der Waals surface area contributed by atoms with Gasteiger partial charge in [0.15, 0.2) is 0 Å². The normalized spacial score (nSPS) is 10.7. The van der Waals surface area contributed by atoms with Crippen molar-refractivity contribution < 1.29 is 13.3 Å². The van der Waals surface area contributed by atoms with Crippen molar-refractivity contribution in [3.8, 4) is 11.1 Å². The minimum atomic E-state index is -0.676. The minimum absolute atomic E-state index is 0.0916. The van der Waals surface area contributed by atoms with Crippen LogP contribution in [0.1, 0.15) is 12.5 Å². The van der Waals surface area contributed by atoms with E-state index in [0.29, 0.717) is 12.0 Å². The highest BCUT2D eigenvalue weighted by molar-refractivity contribution is 5.73. The van der Waals surface area contributed by atoms with E-state index in [0.717, 1.165) is 0 Å². The average molecular weight is 224 g/mol. The van der Waals surface area contributed by atoms with E-state index in [1.54, 1.807) is 6.92 Å². The lowest BCUT2D eigenvalue weighted by atomic mass is 10.0. The summed E-state index contributed by atoms with van der Waals surface area (Å²) in [6.07, 6.45) is 1.68. The number of rotatable bonds is 2. The molecule has 0 unspecified atom stereocenters. The molecule has 1 heterocycles. The number of nitrogens with two attached hydrogens (primary N) is 1. The maximum Gasteiger partial charge on any atom is 0.230 e. The molecule has 2 aromatic rings. The number of hydrogen-bond donors (Lipinski definition) is 1. The highest BCUT2D eigenvalue weighted by Gasteiger charge is 2.19. The van der Waals surface area contributed by atoms with Crippen molar-refractivity contribution in [2.75, 3.05) is 5.73 Å². The molecule has 84 valence electrons. The van der Waals surface area contributed by atoms with Gasteiger partial charge in [-0.3, -0.25) is 0 Å². The molecule has 1 aromatic carbocycles. The Morgan fingerprint density at radius 1 is 1.38 bits per heavy atom. The fourth-order valence-corrected chi connectivity index (χ4v) is 1.55. The first-order valence-electron chi connectivity index (χ1n) is 4.82. The molecule has 16 heavy (non-hydrogen) atoms. The van der Waals surface area contributed by atoms with Gasteiger partial charge in [0, 0.05) is 0 Å². The van der Waals surface area contributed by atoms with E-state index in [1.807, 2.05) is 0 Å². The number of hydrogen-bond acceptors (Lipinski definition) is 3. The summed E-state index contributed by atoms with van der Waals surface area (Å²) in [5.74, 6) is -1.38. The predicted molar refractivity (Wildman–Crippen MR) is 55.6 cm³/mol. The SMILES string of the molecule is CCc1ccc(F)c(-c2cnoc2N)c1F. The van der Waals surface area contributed by atoms with Crippen LogP contribution in [0.25, 0.3) is 11.1 Å². The van der Waals surface area contributed by atoms with Crippen molar-refractivity contribution in [3.63, 3.8) is 0 Å². The molecule has 0 fully saturated rings. The van der Waals surface area contributed by atoms with Crippen LogP contribution in [0.2, 0.25) is 0 Å². The summed E-state index contributed by atoms with van der Waals surface area (Å²) in [7, 11) is 0. The summed E-state index contributed by atoms with van der Waals surface area (Å²) in [4.78, 5) is 0. The van der Waals surface area contributed by atoms with Crippen molar-refractivity contribution >= 4 is 5.88 Å². The van der Waals surface area contributed by atoms with E-state index in [4.69, 9.17) is 5.73 Å². The molecular formula is C11H10F2N2O. The van der Waals surface area contributed by atoms with Crippen molar-refractivity contribution in [1.29, 1.82) is 0 Å². The summed E-state index contributed by atoms with van der Waals surface area (Å²) >= 11 is 0. The Morgan fingerprint density at radius 3 is 2.69 bits per heavy atom. The molecular weight excluding hydrogens is 214 g/mol. The van der Waals surface area contributed by atoms with Crippen LogP contribution < -0.4 is 5.73 Å². The second-order valence-corrected chi connectivity index (χ2v) is 3.35. The largest absolute Gasteiger partial charge is 0.367 e. The molecule has 0 bridgehead atoms. The summed E-state index contributed by atoms with van der Waals surface area (Å²) in [5.41, 5.74) is 5.83. The highest BCUT2D eigenvalue weighted by Crippen LogP contribution is 2.32. The van der Waals surface area contributed by atoms with Gasteiger partial charge in [-0.25, -0.2) is 8.78 Å². The van der Waals surface area contributed by atoms with E-state index in [1.165, 1.54) is 18.3 Å². The van der Waals surface area contributed by atoms with Gasteiger partial charge in [-0.15, -0.1) is 0 Å². The number of nitrogens with zero attached hydrogens (tertiary/aromatic N) is 1. The molecule has 2 rings (SSSR count). The number of aromatic nitrogens is 1. The number of nitrogen functional groups attached to an aromatic ring is 1. The van der Waals surface area contributed by atoms with Crippen molar-refractivity contribution in [2.24, 2.45) is 0 Å². The van der Waals surface area contributed by atoms with Gasteiger partial charge in [0.1, 0.15) is 11.6 Å². The van der Waals surface area contributed by atoms with Gasteiger partial charge >= 0.3 is 0 Å². The van der Waals surface area contributed by atoms with Gasteiger partial charge in [-0.1, -0.05) is 18.1 Å². The van der Waals surface area contributed by atoms with Crippen LogP contribution in [0.4, 0.5) is 14.7 Å². The number of halogens is 2. The summed E-state index contributed by atoms with van der Waals surface area (Å²) in [6.45, 7) is 1.79. The lowest BCUT2D eigenvalue weighted by molar-refractivity contribution is 0.436. The topological polar surface area (TPSA) is 52.0 Å². The Balaban J connectivity index is 2.69. The zero-order chi connectivity index (χ0) is 11.7. The van der Waals surface area contributed by atoms with Gasteiger partial charge in [0.25, 0.3) is 0 Å². The van der Waals surface area contributed by atoms with E-state index in [-0.39, 0.29) is 17.0 Å². The third-order valence-electron chi connectivity index (χ3n) is 2.42. The van der Waals surface area contributed by atoms with Crippen LogP contribution in [0.3, 0.4) is 0 Å². The average Bonchev–Trinajstić information content (AvgIpc) is 2.66. The van der Waals surface area contributed by atoms with Gasteiger partial charge in [-0.05, 0) is 18.1 Å². The lowest BCUT2D eigenvalue weighted by Gasteiger charge is -2.06. The van der Waals surface area contributed by atoms with E-state index in [9.17, 15) is 8.78 Å². The molecule has 1 aromatic heterocycles. The first-order chi connectivity index (χ1) is 7.65. The fraction of sp³-hybridized carbons (Fsp3) is 0.182. The smallest absolute Gasteiger partial charge is 0.230 e. The molecule has 0 saturated heterocycles. The Hall–Kier alpha value is -1.91. The van der Waals surface area contributed by atoms with E-state index < -0.39 is 11.6 Å². The first kappa shape index (κ1) is 10.6. The Kier molecular flexibility index (Phi) is 2.60. The molecule has 0 spiro atoms. The molecule has 5 heteroatoms. The third-order valence-corrected chi connectivity index (χ3v) is 2.42. The molecule has 0 radical (unpaired) electrons. The summed E-state index contributed by atoms with van der Waals surface area (Å²) < 4.78 is 32.1. The Morgan fingerprint density at radius 2 is 2.12 bits per heavy atom. The van der Waals surface area contributed by atoms with Crippen LogP contribution in [0, 0.1) is 11.6 Å². The molecule has 2 N–H and O–H groups in total. The Labute approximate surface area is 90.9 Å². The van der Waals surface area contributed by atoms with Crippen LogP contribution in [0.5, 0.6) is 0 Å². The molecule has 0 saturated carbocycles. The quantitative estimate of drug-likeness (QED) is 0.853. The monoisotopic (exact) mass is 224 g/mol. The van der Waals surface area contributed by atoms with Crippen molar-refractivity contribution in [1.82, 2.24) is 5.16 Å². The molecule has 0 aliphatic carbocycles. The highest BCUT2D eigenvalue weighted by atomic mass is 19.1. The maximum absolute atomic E-state index is 13.9. The summed E-state index contributed by atoms with van der Waals surface area (Å²) in [6, 6.07) is 2.63. The van der Waals surface area contributed by atoms with E-state index >= 15 is 0 Å². The van der Waals surface area contributed by atoms with Gasteiger partial charge in [-0.2, -0.15) is 0 Å². The lowest BCUT2D eigenvalue weighted by Crippen LogP contribution is -1.97. The molecule has 0 aliphatic rings. The fourth-order valence-electron chi connectivity index (χ4n) is 1.55. The predicted octanol–water partition coefficient (Wildman–Crippen LogP) is 2.76. The summed E-state index contributed by atoms with van der Waals surface area (Å²) in [5, 5.41) is 3.40. The van der Waals surface area contributed by atoms with Gasteiger partial charge < -0.3 is 10.3 Å². The molecule has 0 aliphatic heterocycles. The second-order valence-electron chi connectivity index (χ2n) is 3.35. The van der Waals surface area contributed by atoms with Crippen molar-refractivity contribution in [2.45, 2.75) is 13.3 Å².